The molecule has 1 fully saturated rings. The molecule has 1 aromatic carbocycles. The van der Waals surface area contributed by atoms with Crippen LogP contribution in [0.1, 0.15) is 30.0 Å². The van der Waals surface area contributed by atoms with Gasteiger partial charge in [0.1, 0.15) is 6.54 Å². The highest BCUT2D eigenvalue weighted by Gasteiger charge is 2.38. The molecule has 25 heavy (non-hydrogen) atoms. The van der Waals surface area contributed by atoms with Gasteiger partial charge < -0.3 is 15.1 Å². The summed E-state index contributed by atoms with van der Waals surface area (Å²) >= 11 is 0. The number of carbonyl (C=O) groups is 2. The maximum absolute atomic E-state index is 13.1. The van der Waals surface area contributed by atoms with E-state index >= 15 is 0 Å². The number of benzene rings is 1. The first-order chi connectivity index (χ1) is 11.9. The van der Waals surface area contributed by atoms with Crippen LogP contribution in [0.4, 0.5) is 10.5 Å². The van der Waals surface area contributed by atoms with Crippen LogP contribution in [0.15, 0.2) is 18.2 Å². The van der Waals surface area contributed by atoms with Gasteiger partial charge in [-0.05, 0) is 30.9 Å². The number of carbonyl (C=O) groups excluding carboxylic acids is 2. The molecule has 1 N–H and O–H groups in total. The van der Waals surface area contributed by atoms with Gasteiger partial charge in [-0.15, -0.1) is 0 Å². The van der Waals surface area contributed by atoms with Gasteiger partial charge in [0.25, 0.3) is 0 Å². The van der Waals surface area contributed by atoms with Crippen LogP contribution in [0.3, 0.4) is 0 Å². The number of sulfone groups is 1. The predicted molar refractivity (Wildman–Crippen MR) is 93.1 cm³/mol. The highest BCUT2D eigenvalue weighted by Crippen LogP contribution is 2.40. The van der Waals surface area contributed by atoms with Gasteiger partial charge in [0.05, 0.1) is 17.5 Å². The molecule has 0 bridgehead atoms. The van der Waals surface area contributed by atoms with E-state index in [0.29, 0.717) is 0 Å². The lowest BCUT2D eigenvalue weighted by Gasteiger charge is -2.38. The largest absolute Gasteiger partial charge is 0.324 e. The fourth-order valence-electron chi connectivity index (χ4n) is 4.02. The summed E-state index contributed by atoms with van der Waals surface area (Å²) in [5.41, 5.74) is 3.01. The van der Waals surface area contributed by atoms with Crippen molar-refractivity contribution in [2.45, 2.75) is 25.3 Å². The van der Waals surface area contributed by atoms with Gasteiger partial charge >= 0.3 is 6.03 Å². The number of anilines is 1. The van der Waals surface area contributed by atoms with E-state index in [1.54, 1.807) is 9.80 Å². The molecule has 1 saturated heterocycles. The highest BCUT2D eigenvalue weighted by molar-refractivity contribution is 7.91. The van der Waals surface area contributed by atoms with Crippen LogP contribution in [0, 0.1) is 0 Å². The fourth-order valence-corrected chi connectivity index (χ4v) is 5.22. The quantitative estimate of drug-likeness (QED) is 0.750. The number of hydrogen-bond acceptors (Lipinski definition) is 4. The normalized spacial score (nSPS) is 25.0. The van der Waals surface area contributed by atoms with E-state index in [-0.39, 0.29) is 49.1 Å². The third-order valence-corrected chi connectivity index (χ3v) is 6.89. The summed E-state index contributed by atoms with van der Waals surface area (Å²) in [6, 6.07) is 5.50. The summed E-state index contributed by atoms with van der Waals surface area (Å²) < 4.78 is 23.2. The summed E-state index contributed by atoms with van der Waals surface area (Å²) in [6.45, 7) is 0.391. The van der Waals surface area contributed by atoms with Gasteiger partial charge in [-0.3, -0.25) is 4.79 Å². The van der Waals surface area contributed by atoms with E-state index in [0.717, 1.165) is 30.5 Å². The van der Waals surface area contributed by atoms with Gasteiger partial charge in [0.15, 0.2) is 9.84 Å². The minimum Gasteiger partial charge on any atom is -0.324 e. The van der Waals surface area contributed by atoms with E-state index in [1.165, 1.54) is 5.56 Å². The summed E-state index contributed by atoms with van der Waals surface area (Å²) in [4.78, 5) is 28.6. The third kappa shape index (κ3) is 2.99. The molecule has 7 nitrogen and oxygen atoms in total. The van der Waals surface area contributed by atoms with Crippen LogP contribution in [0.2, 0.25) is 0 Å². The van der Waals surface area contributed by atoms with Crippen LogP contribution in [0.5, 0.6) is 0 Å². The molecular weight excluding hydrogens is 342 g/mol. The number of hydrogen-bond donors (Lipinski definition) is 1. The molecule has 1 unspecified atom stereocenters. The van der Waals surface area contributed by atoms with E-state index in [2.05, 4.69) is 11.4 Å². The van der Waals surface area contributed by atoms with Crippen molar-refractivity contribution < 1.29 is 18.0 Å². The van der Waals surface area contributed by atoms with Crippen molar-refractivity contribution in [3.63, 3.8) is 0 Å². The lowest BCUT2D eigenvalue weighted by molar-refractivity contribution is -0.117. The Bertz CT molecular complexity index is 822. The summed E-state index contributed by atoms with van der Waals surface area (Å²) in [6.07, 6.45) is 2.73. The number of nitrogens with zero attached hydrogens (tertiary/aromatic N) is 2. The summed E-state index contributed by atoms with van der Waals surface area (Å²) in [5, 5.41) is 2.92. The van der Waals surface area contributed by atoms with Gasteiger partial charge in [-0.1, -0.05) is 12.1 Å². The van der Waals surface area contributed by atoms with Crippen molar-refractivity contribution >= 4 is 27.5 Å². The lowest BCUT2D eigenvalue weighted by atomic mass is 9.86. The maximum Gasteiger partial charge on any atom is 0.321 e. The molecule has 8 heteroatoms. The van der Waals surface area contributed by atoms with Crippen molar-refractivity contribution in [2.24, 2.45) is 0 Å². The molecule has 1 aromatic rings. The molecule has 0 radical (unpaired) electrons. The Morgan fingerprint density at radius 3 is 2.72 bits per heavy atom. The van der Waals surface area contributed by atoms with E-state index in [4.69, 9.17) is 0 Å². The fraction of sp³-hybridized carbons (Fsp3) is 0.529. The second-order valence-corrected chi connectivity index (χ2v) is 9.19. The minimum atomic E-state index is -3.05. The molecule has 3 aliphatic rings. The van der Waals surface area contributed by atoms with Gasteiger partial charge in [0.2, 0.25) is 5.91 Å². The SMILES string of the molecule is O=C1CN(C(=O)N2CCS(=O)(=O)CC2)C2CCCc3cccc(c32)N1. The zero-order chi connectivity index (χ0) is 17.6. The van der Waals surface area contributed by atoms with Crippen molar-refractivity contribution in [3.05, 3.63) is 29.3 Å². The predicted octanol–water partition coefficient (Wildman–Crippen LogP) is 1.17. The second-order valence-electron chi connectivity index (χ2n) is 6.88. The molecule has 1 aliphatic carbocycles. The van der Waals surface area contributed by atoms with E-state index in [1.807, 2.05) is 12.1 Å². The first-order valence-electron chi connectivity index (χ1n) is 8.62. The standard InChI is InChI=1S/C17H21N3O4S/c21-15-11-20(17(22)19-7-9-25(23,24)10-8-19)14-6-2-4-12-3-1-5-13(18-15)16(12)14/h1,3,5,14H,2,4,6-11H2,(H,18,21). The first kappa shape index (κ1) is 16.4. The Hall–Kier alpha value is -2.09. The van der Waals surface area contributed by atoms with Crippen LogP contribution in [-0.2, 0) is 21.1 Å². The summed E-state index contributed by atoms with van der Waals surface area (Å²) in [5.74, 6) is -0.225. The first-order valence-corrected chi connectivity index (χ1v) is 10.4. The average molecular weight is 363 g/mol. The number of rotatable bonds is 0. The van der Waals surface area contributed by atoms with Crippen LogP contribution in [-0.4, -0.2) is 61.3 Å². The van der Waals surface area contributed by atoms with Crippen LogP contribution >= 0.6 is 0 Å². The van der Waals surface area contributed by atoms with Gasteiger partial charge in [-0.25, -0.2) is 13.2 Å². The Kier molecular flexibility index (Phi) is 3.94. The zero-order valence-corrected chi connectivity index (χ0v) is 14.7. The molecule has 4 rings (SSSR count). The average Bonchev–Trinajstić information content (AvgIpc) is 2.73. The second kappa shape index (κ2) is 6.01. The number of aryl methyl sites for hydroxylation is 1. The molecule has 134 valence electrons. The zero-order valence-electron chi connectivity index (χ0n) is 13.9. The van der Waals surface area contributed by atoms with Gasteiger partial charge in [-0.2, -0.15) is 0 Å². The van der Waals surface area contributed by atoms with Crippen molar-refractivity contribution in [1.29, 1.82) is 0 Å². The number of nitrogens with one attached hydrogen (secondary N) is 1. The van der Waals surface area contributed by atoms with Crippen molar-refractivity contribution in [3.8, 4) is 0 Å². The molecule has 1 atom stereocenters. The molecule has 0 spiro atoms. The molecule has 0 aromatic heterocycles. The molecule has 2 heterocycles. The van der Waals surface area contributed by atoms with E-state index in [9.17, 15) is 18.0 Å². The van der Waals surface area contributed by atoms with Gasteiger partial charge in [0, 0.05) is 24.3 Å². The Labute approximate surface area is 146 Å². The Morgan fingerprint density at radius 1 is 1.20 bits per heavy atom. The van der Waals surface area contributed by atoms with E-state index < -0.39 is 9.84 Å². The highest BCUT2D eigenvalue weighted by atomic mass is 32.2. The van der Waals surface area contributed by atoms with Crippen LogP contribution < -0.4 is 5.32 Å². The number of urea groups is 1. The molecular formula is C17H21N3O4S. The maximum atomic E-state index is 13.1. The molecule has 3 amide bonds. The topological polar surface area (TPSA) is 86.8 Å². The monoisotopic (exact) mass is 363 g/mol. The number of amides is 3. The smallest absolute Gasteiger partial charge is 0.321 e. The van der Waals surface area contributed by atoms with Crippen LogP contribution in [0.25, 0.3) is 0 Å². The molecule has 0 saturated carbocycles. The Balaban J connectivity index is 1.66. The minimum absolute atomic E-state index is 0.000863. The van der Waals surface area contributed by atoms with Crippen molar-refractivity contribution in [2.75, 3.05) is 36.5 Å². The Morgan fingerprint density at radius 2 is 1.96 bits per heavy atom. The van der Waals surface area contributed by atoms with Crippen molar-refractivity contribution in [1.82, 2.24) is 9.80 Å². The molecule has 2 aliphatic heterocycles. The third-order valence-electron chi connectivity index (χ3n) is 5.28. The summed E-state index contributed by atoms with van der Waals surface area (Å²) in [7, 11) is -3.05. The lowest BCUT2D eigenvalue weighted by Crippen LogP contribution is -2.52.